The van der Waals surface area contributed by atoms with Crippen molar-refractivity contribution in [2.24, 2.45) is 5.14 Å². The average Bonchev–Trinajstić information content (AvgIpc) is 2.16. The van der Waals surface area contributed by atoms with Gasteiger partial charge in [-0.2, -0.15) is 0 Å². The first-order valence-corrected chi connectivity index (χ1v) is 6.06. The first kappa shape index (κ1) is 10.1. The van der Waals surface area contributed by atoms with Crippen molar-refractivity contribution in [2.45, 2.75) is 11.8 Å². The van der Waals surface area contributed by atoms with Gasteiger partial charge in [-0.1, -0.05) is 30.3 Å². The Bertz CT molecular complexity index is 618. The Morgan fingerprint density at radius 3 is 2.27 bits per heavy atom. The number of aryl methyl sites for hydroxylation is 1. The summed E-state index contributed by atoms with van der Waals surface area (Å²) in [5, 5.41) is 6.75. The molecule has 0 aliphatic rings. The molecule has 0 saturated carbocycles. The molecule has 2 rings (SSSR count). The maximum absolute atomic E-state index is 11.3. The van der Waals surface area contributed by atoms with Gasteiger partial charge >= 0.3 is 0 Å². The van der Waals surface area contributed by atoms with Crippen molar-refractivity contribution >= 4 is 20.8 Å². The topological polar surface area (TPSA) is 60.2 Å². The van der Waals surface area contributed by atoms with Crippen LogP contribution in [0, 0.1) is 6.92 Å². The van der Waals surface area contributed by atoms with Gasteiger partial charge in [0.05, 0.1) is 4.90 Å². The highest BCUT2D eigenvalue weighted by Gasteiger charge is 2.11. The maximum Gasteiger partial charge on any atom is 0.238 e. The molecular formula is C11H11NO2S. The lowest BCUT2D eigenvalue weighted by Crippen LogP contribution is -2.12. The second-order valence-corrected chi connectivity index (χ2v) is 5.00. The fourth-order valence-electron chi connectivity index (χ4n) is 1.69. The van der Waals surface area contributed by atoms with Crippen LogP contribution < -0.4 is 5.14 Å². The Hall–Kier alpha value is -1.39. The Morgan fingerprint density at radius 1 is 1.00 bits per heavy atom. The predicted molar refractivity (Wildman–Crippen MR) is 60.1 cm³/mol. The lowest BCUT2D eigenvalue weighted by atomic mass is 10.1. The molecule has 0 fully saturated rings. The van der Waals surface area contributed by atoms with Gasteiger partial charge in [-0.15, -0.1) is 0 Å². The van der Waals surface area contributed by atoms with E-state index >= 15 is 0 Å². The van der Waals surface area contributed by atoms with Gasteiger partial charge in [-0.25, -0.2) is 13.6 Å². The maximum atomic E-state index is 11.3. The zero-order chi connectivity index (χ0) is 11.1. The van der Waals surface area contributed by atoms with Crippen LogP contribution in [0.4, 0.5) is 0 Å². The van der Waals surface area contributed by atoms with E-state index in [4.69, 9.17) is 5.14 Å². The van der Waals surface area contributed by atoms with Gasteiger partial charge in [-0.3, -0.25) is 0 Å². The van der Waals surface area contributed by atoms with Crippen LogP contribution in [0.1, 0.15) is 5.56 Å². The summed E-state index contributed by atoms with van der Waals surface area (Å²) < 4.78 is 22.7. The van der Waals surface area contributed by atoms with Crippen molar-refractivity contribution in [3.63, 3.8) is 0 Å². The Balaban J connectivity index is 2.96. The van der Waals surface area contributed by atoms with Gasteiger partial charge in [0.25, 0.3) is 0 Å². The minimum absolute atomic E-state index is 0.184. The number of primary sulfonamides is 1. The summed E-state index contributed by atoms with van der Waals surface area (Å²) in [4.78, 5) is 0.184. The third kappa shape index (κ3) is 1.73. The van der Waals surface area contributed by atoms with E-state index in [9.17, 15) is 8.42 Å². The largest absolute Gasteiger partial charge is 0.238 e. The van der Waals surface area contributed by atoms with Crippen LogP contribution in [-0.4, -0.2) is 8.42 Å². The van der Waals surface area contributed by atoms with Gasteiger partial charge < -0.3 is 0 Å². The Kier molecular flexibility index (Phi) is 2.25. The predicted octanol–water partition coefficient (Wildman–Crippen LogP) is 1.80. The molecule has 2 aromatic rings. The number of nitrogens with two attached hydrogens (primary N) is 1. The number of rotatable bonds is 1. The van der Waals surface area contributed by atoms with Crippen molar-refractivity contribution in [1.29, 1.82) is 0 Å². The number of fused-ring (bicyclic) bond motifs is 1. The quantitative estimate of drug-likeness (QED) is 0.798. The third-order valence-corrected chi connectivity index (χ3v) is 3.38. The Morgan fingerprint density at radius 2 is 1.60 bits per heavy atom. The zero-order valence-electron chi connectivity index (χ0n) is 8.27. The molecule has 15 heavy (non-hydrogen) atoms. The van der Waals surface area contributed by atoms with E-state index in [1.165, 1.54) is 6.07 Å². The van der Waals surface area contributed by atoms with Crippen LogP contribution >= 0.6 is 0 Å². The van der Waals surface area contributed by atoms with E-state index in [-0.39, 0.29) is 4.90 Å². The van der Waals surface area contributed by atoms with Gasteiger partial charge in [-0.05, 0) is 23.9 Å². The SMILES string of the molecule is Cc1cccc2c(S(N)(=O)=O)cccc12. The summed E-state index contributed by atoms with van der Waals surface area (Å²) in [7, 11) is -3.65. The molecule has 0 spiro atoms. The normalized spacial score (nSPS) is 11.9. The molecule has 0 saturated heterocycles. The zero-order valence-corrected chi connectivity index (χ0v) is 9.08. The first-order valence-electron chi connectivity index (χ1n) is 4.51. The molecule has 2 N–H and O–H groups in total. The number of sulfonamides is 1. The summed E-state index contributed by atoms with van der Waals surface area (Å²) in [6, 6.07) is 10.6. The average molecular weight is 221 g/mol. The van der Waals surface area contributed by atoms with Crippen LogP contribution in [0.5, 0.6) is 0 Å². The number of hydrogen-bond acceptors (Lipinski definition) is 2. The van der Waals surface area contributed by atoms with E-state index in [0.29, 0.717) is 5.39 Å². The first-order chi connectivity index (χ1) is 7.00. The monoisotopic (exact) mass is 221 g/mol. The van der Waals surface area contributed by atoms with Gasteiger partial charge in [0.1, 0.15) is 0 Å². The Labute approximate surface area is 88.6 Å². The molecule has 0 bridgehead atoms. The standard InChI is InChI=1S/C11H11NO2S/c1-8-4-2-6-10-9(8)5-3-7-11(10)15(12,13)14/h2-7H,1H3,(H2,12,13,14). The van der Waals surface area contributed by atoms with Crippen LogP contribution in [-0.2, 0) is 10.0 Å². The van der Waals surface area contributed by atoms with Crippen molar-refractivity contribution in [2.75, 3.05) is 0 Å². The fraction of sp³-hybridized carbons (Fsp3) is 0.0909. The van der Waals surface area contributed by atoms with Crippen LogP contribution in [0.25, 0.3) is 10.8 Å². The van der Waals surface area contributed by atoms with E-state index in [2.05, 4.69) is 0 Å². The van der Waals surface area contributed by atoms with E-state index < -0.39 is 10.0 Å². The second-order valence-electron chi connectivity index (χ2n) is 3.47. The molecule has 0 aliphatic carbocycles. The van der Waals surface area contributed by atoms with Crippen molar-refractivity contribution in [3.8, 4) is 0 Å². The van der Waals surface area contributed by atoms with Crippen molar-refractivity contribution in [3.05, 3.63) is 42.0 Å². The van der Waals surface area contributed by atoms with E-state index in [1.54, 1.807) is 12.1 Å². The molecule has 4 heteroatoms. The van der Waals surface area contributed by atoms with Crippen LogP contribution in [0.3, 0.4) is 0 Å². The highest BCUT2D eigenvalue weighted by Crippen LogP contribution is 2.24. The van der Waals surface area contributed by atoms with Crippen LogP contribution in [0.2, 0.25) is 0 Å². The summed E-state index contributed by atoms with van der Waals surface area (Å²) in [6.07, 6.45) is 0. The van der Waals surface area contributed by atoms with Crippen LogP contribution in [0.15, 0.2) is 41.3 Å². The molecule has 0 aromatic heterocycles. The molecule has 3 nitrogen and oxygen atoms in total. The molecule has 0 heterocycles. The smallest absolute Gasteiger partial charge is 0.225 e. The van der Waals surface area contributed by atoms with Gasteiger partial charge in [0, 0.05) is 5.39 Å². The molecule has 0 aliphatic heterocycles. The summed E-state index contributed by atoms with van der Waals surface area (Å²) in [6.45, 7) is 1.94. The minimum Gasteiger partial charge on any atom is -0.225 e. The summed E-state index contributed by atoms with van der Waals surface area (Å²) in [5.41, 5.74) is 1.04. The van der Waals surface area contributed by atoms with E-state index in [1.807, 2.05) is 25.1 Å². The van der Waals surface area contributed by atoms with Crippen molar-refractivity contribution in [1.82, 2.24) is 0 Å². The molecule has 0 unspecified atom stereocenters. The molecular weight excluding hydrogens is 210 g/mol. The molecule has 0 radical (unpaired) electrons. The minimum atomic E-state index is -3.65. The second kappa shape index (κ2) is 3.32. The molecule has 2 aromatic carbocycles. The lowest BCUT2D eigenvalue weighted by Gasteiger charge is -2.05. The molecule has 78 valence electrons. The van der Waals surface area contributed by atoms with Crippen molar-refractivity contribution < 1.29 is 8.42 Å². The molecule has 0 amide bonds. The number of benzene rings is 2. The molecule has 0 atom stereocenters. The van der Waals surface area contributed by atoms with Gasteiger partial charge in [0.15, 0.2) is 0 Å². The highest BCUT2D eigenvalue weighted by molar-refractivity contribution is 7.89. The van der Waals surface area contributed by atoms with Gasteiger partial charge in [0.2, 0.25) is 10.0 Å². The highest BCUT2D eigenvalue weighted by atomic mass is 32.2. The number of hydrogen-bond donors (Lipinski definition) is 1. The fourth-order valence-corrected chi connectivity index (χ4v) is 2.44. The van der Waals surface area contributed by atoms with E-state index in [0.717, 1.165) is 10.9 Å². The third-order valence-electron chi connectivity index (χ3n) is 2.41. The summed E-state index contributed by atoms with van der Waals surface area (Å²) in [5.74, 6) is 0. The summed E-state index contributed by atoms with van der Waals surface area (Å²) >= 11 is 0. The lowest BCUT2D eigenvalue weighted by molar-refractivity contribution is 0.598.